The van der Waals surface area contributed by atoms with Crippen molar-refractivity contribution in [3.63, 3.8) is 0 Å². The van der Waals surface area contributed by atoms with Gasteiger partial charge in [-0.05, 0) is 78.3 Å². The van der Waals surface area contributed by atoms with Gasteiger partial charge in [-0.15, -0.1) is 11.8 Å². The standard InChI is InChI=1S/C22H21BrN2O3S2/c1-15-7-13-19(14-8-15)30(27,28)25-17-9-11-18(12-10-17)29-16(2)22(26)24-21-6-4-3-5-20(21)23/h3-14,16,25H,1-2H3,(H,24,26). The summed E-state index contributed by atoms with van der Waals surface area (Å²) in [5.41, 5.74) is 2.18. The third kappa shape index (κ3) is 5.87. The Labute approximate surface area is 189 Å². The Morgan fingerprint density at radius 1 is 0.967 bits per heavy atom. The Bertz CT molecular complexity index is 1130. The number of hydrogen-bond donors (Lipinski definition) is 2. The number of thioether (sulfide) groups is 1. The summed E-state index contributed by atoms with van der Waals surface area (Å²) in [6, 6.07) is 21.1. The quantitative estimate of drug-likeness (QED) is 0.406. The van der Waals surface area contributed by atoms with Crippen LogP contribution in [0.25, 0.3) is 0 Å². The second kappa shape index (κ2) is 9.68. The number of benzene rings is 3. The van der Waals surface area contributed by atoms with Crippen LogP contribution in [-0.4, -0.2) is 19.6 Å². The predicted molar refractivity (Wildman–Crippen MR) is 127 cm³/mol. The third-order valence-electron chi connectivity index (χ3n) is 4.25. The highest BCUT2D eigenvalue weighted by atomic mass is 79.9. The molecule has 1 unspecified atom stereocenters. The van der Waals surface area contributed by atoms with Gasteiger partial charge >= 0.3 is 0 Å². The number of amides is 1. The highest BCUT2D eigenvalue weighted by Gasteiger charge is 2.17. The van der Waals surface area contributed by atoms with Crippen LogP contribution in [0.15, 0.2) is 87.1 Å². The van der Waals surface area contributed by atoms with E-state index in [1.54, 1.807) is 48.5 Å². The zero-order chi connectivity index (χ0) is 21.7. The molecule has 2 N–H and O–H groups in total. The van der Waals surface area contributed by atoms with Crippen molar-refractivity contribution in [2.45, 2.75) is 28.9 Å². The average molecular weight is 505 g/mol. The number of carbonyl (C=O) groups is 1. The Kier molecular flexibility index (Phi) is 7.23. The van der Waals surface area contributed by atoms with Gasteiger partial charge in [-0.25, -0.2) is 8.42 Å². The zero-order valence-electron chi connectivity index (χ0n) is 16.4. The van der Waals surface area contributed by atoms with E-state index in [4.69, 9.17) is 0 Å². The molecule has 0 aromatic heterocycles. The van der Waals surface area contributed by atoms with Crippen LogP contribution in [0.4, 0.5) is 11.4 Å². The van der Waals surface area contributed by atoms with Gasteiger partial charge < -0.3 is 5.32 Å². The minimum absolute atomic E-state index is 0.115. The molecule has 0 aliphatic carbocycles. The minimum Gasteiger partial charge on any atom is -0.324 e. The van der Waals surface area contributed by atoms with Gasteiger partial charge in [-0.1, -0.05) is 29.8 Å². The van der Waals surface area contributed by atoms with Gasteiger partial charge in [0.25, 0.3) is 10.0 Å². The summed E-state index contributed by atoms with van der Waals surface area (Å²) < 4.78 is 28.4. The number of sulfonamides is 1. The van der Waals surface area contributed by atoms with Crippen molar-refractivity contribution in [2.75, 3.05) is 10.0 Å². The van der Waals surface area contributed by atoms with E-state index in [1.165, 1.54) is 11.8 Å². The molecule has 0 saturated carbocycles. The average Bonchev–Trinajstić information content (AvgIpc) is 2.71. The molecule has 1 amide bonds. The number of halogens is 1. The second-order valence-electron chi connectivity index (χ2n) is 6.67. The summed E-state index contributed by atoms with van der Waals surface area (Å²) in [7, 11) is -3.64. The van der Waals surface area contributed by atoms with Crippen LogP contribution in [0.2, 0.25) is 0 Å². The first-order valence-electron chi connectivity index (χ1n) is 9.16. The Morgan fingerprint density at radius 3 is 2.23 bits per heavy atom. The maximum absolute atomic E-state index is 12.5. The van der Waals surface area contributed by atoms with Crippen molar-refractivity contribution in [3.05, 3.63) is 82.8 Å². The van der Waals surface area contributed by atoms with Gasteiger partial charge in [0, 0.05) is 15.1 Å². The lowest BCUT2D eigenvalue weighted by Crippen LogP contribution is -2.22. The molecular weight excluding hydrogens is 484 g/mol. The topological polar surface area (TPSA) is 75.3 Å². The Morgan fingerprint density at radius 2 is 1.60 bits per heavy atom. The molecule has 156 valence electrons. The molecule has 0 bridgehead atoms. The van der Waals surface area contributed by atoms with Crippen LogP contribution in [-0.2, 0) is 14.8 Å². The molecule has 0 saturated heterocycles. The van der Waals surface area contributed by atoms with Crippen molar-refractivity contribution in [3.8, 4) is 0 Å². The summed E-state index contributed by atoms with van der Waals surface area (Å²) >= 11 is 4.81. The highest BCUT2D eigenvalue weighted by Crippen LogP contribution is 2.28. The molecule has 1 atom stereocenters. The number of carbonyl (C=O) groups excluding carboxylic acids is 1. The lowest BCUT2D eigenvalue weighted by atomic mass is 10.2. The molecular formula is C22H21BrN2O3S2. The van der Waals surface area contributed by atoms with E-state index in [0.29, 0.717) is 5.69 Å². The normalized spacial score (nSPS) is 12.2. The van der Waals surface area contributed by atoms with Gasteiger partial charge in [0.2, 0.25) is 5.91 Å². The van der Waals surface area contributed by atoms with Gasteiger partial charge in [-0.3, -0.25) is 9.52 Å². The van der Waals surface area contributed by atoms with E-state index in [1.807, 2.05) is 38.1 Å². The smallest absolute Gasteiger partial charge is 0.261 e. The first kappa shape index (κ1) is 22.4. The summed E-state index contributed by atoms with van der Waals surface area (Å²) in [6.45, 7) is 3.73. The molecule has 30 heavy (non-hydrogen) atoms. The summed E-state index contributed by atoms with van der Waals surface area (Å²) in [4.78, 5) is 13.5. The van der Waals surface area contributed by atoms with Crippen molar-refractivity contribution < 1.29 is 13.2 Å². The fraction of sp³-hybridized carbons (Fsp3) is 0.136. The van der Waals surface area contributed by atoms with Crippen LogP contribution in [0.1, 0.15) is 12.5 Å². The van der Waals surface area contributed by atoms with E-state index in [0.717, 1.165) is 20.6 Å². The molecule has 3 rings (SSSR count). The molecule has 3 aromatic rings. The largest absolute Gasteiger partial charge is 0.324 e. The van der Waals surface area contributed by atoms with E-state index in [-0.39, 0.29) is 16.1 Å². The van der Waals surface area contributed by atoms with E-state index >= 15 is 0 Å². The third-order valence-corrected chi connectivity index (χ3v) is 7.45. The number of nitrogens with one attached hydrogen (secondary N) is 2. The van der Waals surface area contributed by atoms with E-state index in [2.05, 4.69) is 26.0 Å². The summed E-state index contributed by atoms with van der Waals surface area (Å²) in [6.07, 6.45) is 0. The van der Waals surface area contributed by atoms with Crippen LogP contribution in [0.3, 0.4) is 0 Å². The second-order valence-corrected chi connectivity index (χ2v) is 10.6. The van der Waals surface area contributed by atoms with Crippen molar-refractivity contribution in [1.82, 2.24) is 0 Å². The number of rotatable bonds is 7. The zero-order valence-corrected chi connectivity index (χ0v) is 19.6. The van der Waals surface area contributed by atoms with Gasteiger partial charge in [0.05, 0.1) is 15.8 Å². The van der Waals surface area contributed by atoms with Crippen molar-refractivity contribution in [1.29, 1.82) is 0 Å². The molecule has 0 radical (unpaired) electrons. The molecule has 0 heterocycles. The minimum atomic E-state index is -3.64. The SMILES string of the molecule is Cc1ccc(S(=O)(=O)Nc2ccc(SC(C)C(=O)Nc3ccccc3Br)cc2)cc1. The maximum Gasteiger partial charge on any atom is 0.261 e. The number of aryl methyl sites for hydroxylation is 1. The van der Waals surface area contributed by atoms with E-state index < -0.39 is 10.0 Å². The number of anilines is 2. The Hall–Kier alpha value is -2.29. The summed E-state index contributed by atoms with van der Waals surface area (Å²) in [5.74, 6) is -0.115. The predicted octanol–water partition coefficient (Wildman–Crippen LogP) is 5.68. The first-order chi connectivity index (χ1) is 14.2. The van der Waals surface area contributed by atoms with Crippen LogP contribution in [0, 0.1) is 6.92 Å². The number of para-hydroxylation sites is 1. The molecule has 3 aromatic carbocycles. The molecule has 0 aliphatic heterocycles. The molecule has 0 aliphatic rings. The molecule has 5 nitrogen and oxygen atoms in total. The molecule has 0 fully saturated rings. The number of hydrogen-bond acceptors (Lipinski definition) is 4. The maximum atomic E-state index is 12.5. The van der Waals surface area contributed by atoms with Crippen molar-refractivity contribution in [2.24, 2.45) is 0 Å². The molecule has 8 heteroatoms. The summed E-state index contributed by atoms with van der Waals surface area (Å²) in [5, 5.41) is 2.57. The lowest BCUT2D eigenvalue weighted by Gasteiger charge is -2.13. The first-order valence-corrected chi connectivity index (χ1v) is 12.3. The lowest BCUT2D eigenvalue weighted by molar-refractivity contribution is -0.115. The van der Waals surface area contributed by atoms with Crippen molar-refractivity contribution >= 4 is 55.0 Å². The molecule has 0 spiro atoms. The Balaban J connectivity index is 1.62. The van der Waals surface area contributed by atoms with E-state index in [9.17, 15) is 13.2 Å². The van der Waals surface area contributed by atoms with Crippen LogP contribution in [0.5, 0.6) is 0 Å². The highest BCUT2D eigenvalue weighted by molar-refractivity contribution is 9.10. The van der Waals surface area contributed by atoms with Crippen LogP contribution < -0.4 is 10.0 Å². The fourth-order valence-corrected chi connectivity index (χ4v) is 4.90. The van der Waals surface area contributed by atoms with Crippen LogP contribution >= 0.6 is 27.7 Å². The van der Waals surface area contributed by atoms with Gasteiger partial charge in [-0.2, -0.15) is 0 Å². The monoisotopic (exact) mass is 504 g/mol. The van der Waals surface area contributed by atoms with Gasteiger partial charge in [0.1, 0.15) is 0 Å². The fourth-order valence-electron chi connectivity index (χ4n) is 2.59. The van der Waals surface area contributed by atoms with Gasteiger partial charge in [0.15, 0.2) is 0 Å².